The van der Waals surface area contributed by atoms with Gasteiger partial charge in [0, 0.05) is 32.8 Å². The molecule has 0 radical (unpaired) electrons. The Morgan fingerprint density at radius 3 is 2.05 bits per heavy atom. The molecule has 2 aliphatic heterocycles. The van der Waals surface area contributed by atoms with E-state index in [1.54, 1.807) is 34.0 Å². The van der Waals surface area contributed by atoms with Crippen molar-refractivity contribution >= 4 is 23.7 Å². The number of hydrogen-bond acceptors (Lipinski definition) is 10. The standard InChI is InChI=1S/C30H42O10/c1-13-11-30-25(37-18(6)32)14(2)12-29(30,40-30)24(33)15(3)22(36-17(5)31)19-20(27(19,7)8)23(35-10)21(13)38-26(34)28(9)16(4)39-28/h11,14-16,19-23,25H,12H2,1-10H3/b13-11+/t14-,15+,16+,19-,20+,21+,22-,23+,25-,28+,29-,30-/m0/s1. The van der Waals surface area contributed by atoms with Crippen molar-refractivity contribution < 1.29 is 47.6 Å². The zero-order chi connectivity index (χ0) is 29.7. The van der Waals surface area contributed by atoms with E-state index in [2.05, 4.69) is 0 Å². The number of rotatable bonds is 5. The lowest BCUT2D eigenvalue weighted by Gasteiger charge is -2.30. The van der Waals surface area contributed by atoms with Gasteiger partial charge in [0.2, 0.25) is 0 Å². The molecule has 4 fully saturated rings. The van der Waals surface area contributed by atoms with E-state index in [1.165, 1.54) is 13.8 Å². The van der Waals surface area contributed by atoms with Gasteiger partial charge in [0.05, 0.1) is 12.0 Å². The van der Waals surface area contributed by atoms with Gasteiger partial charge in [0.1, 0.15) is 24.4 Å². The van der Waals surface area contributed by atoms with E-state index in [4.69, 9.17) is 28.4 Å². The number of methoxy groups -OCH3 is 1. The van der Waals surface area contributed by atoms with Gasteiger partial charge in [-0.1, -0.05) is 27.7 Å². The lowest BCUT2D eigenvalue weighted by atomic mass is 9.80. The highest BCUT2D eigenvalue weighted by Crippen LogP contribution is 2.68. The summed E-state index contributed by atoms with van der Waals surface area (Å²) in [6.45, 7) is 15.8. The van der Waals surface area contributed by atoms with Crippen molar-refractivity contribution in [3.63, 3.8) is 0 Å². The number of hydrogen-bond donors (Lipinski definition) is 0. The monoisotopic (exact) mass is 562 g/mol. The summed E-state index contributed by atoms with van der Waals surface area (Å²) < 4.78 is 35.8. The summed E-state index contributed by atoms with van der Waals surface area (Å²) in [5.41, 5.74) is -3.34. The van der Waals surface area contributed by atoms with Crippen molar-refractivity contribution in [1.29, 1.82) is 0 Å². The number of carbonyl (C=O) groups excluding carboxylic acids is 4. The van der Waals surface area contributed by atoms with Gasteiger partial charge >= 0.3 is 17.9 Å². The average Bonchev–Trinajstić information content (AvgIpc) is 3.76. The maximum Gasteiger partial charge on any atom is 0.341 e. The summed E-state index contributed by atoms with van der Waals surface area (Å²) in [6, 6.07) is 0. The molecule has 10 heteroatoms. The molecular weight excluding hydrogens is 520 g/mol. The Morgan fingerprint density at radius 2 is 1.52 bits per heavy atom. The van der Waals surface area contributed by atoms with Gasteiger partial charge in [-0.3, -0.25) is 14.4 Å². The number of ketones is 1. The van der Waals surface area contributed by atoms with E-state index in [1.807, 2.05) is 27.7 Å². The molecule has 222 valence electrons. The van der Waals surface area contributed by atoms with E-state index in [0.29, 0.717) is 12.0 Å². The van der Waals surface area contributed by atoms with Crippen LogP contribution in [0.4, 0.5) is 0 Å². The van der Waals surface area contributed by atoms with E-state index < -0.39 is 70.5 Å². The molecule has 0 aromatic rings. The third-order valence-electron chi connectivity index (χ3n) is 10.3. The molecule has 5 aliphatic rings. The van der Waals surface area contributed by atoms with Gasteiger partial charge in [0.15, 0.2) is 22.6 Å². The van der Waals surface area contributed by atoms with Gasteiger partial charge in [-0.05, 0) is 50.2 Å². The Kier molecular flexibility index (Phi) is 6.64. The SMILES string of the molecule is CO[C@@H]1[C@H]2[C@@H]([C@@H](OC(C)=O)[C@@H](C)C(=O)[C@@]34C[C@H](C)[C@H](OC(C)=O)[C@]3(/C=C(\C)[C@H]1OC(=O)[C@]1(C)O[C@@H]1C)O4)C2(C)C. The minimum absolute atomic E-state index is 0.183. The molecule has 0 spiro atoms. The van der Waals surface area contributed by atoms with Crippen LogP contribution in [-0.4, -0.2) is 78.1 Å². The number of ether oxygens (including phenoxy) is 6. The molecule has 0 amide bonds. The molecule has 40 heavy (non-hydrogen) atoms. The van der Waals surface area contributed by atoms with Crippen LogP contribution in [-0.2, 0) is 47.6 Å². The lowest BCUT2D eigenvalue weighted by molar-refractivity contribution is -0.161. The number of Topliss-reactive ketones (excluding diaryl/α,β-unsaturated/α-hetero) is 1. The lowest BCUT2D eigenvalue weighted by Crippen LogP contribution is -2.43. The van der Waals surface area contributed by atoms with Crippen LogP contribution in [0, 0.1) is 29.1 Å². The largest absolute Gasteiger partial charge is 0.461 e. The fraction of sp³-hybridized carbons (Fsp3) is 0.800. The molecule has 3 aliphatic carbocycles. The molecule has 0 bridgehead atoms. The van der Waals surface area contributed by atoms with Gasteiger partial charge in [-0.25, -0.2) is 4.79 Å². The van der Waals surface area contributed by atoms with E-state index in [0.717, 1.165) is 0 Å². The Balaban J connectivity index is 1.66. The van der Waals surface area contributed by atoms with Gasteiger partial charge in [-0.2, -0.15) is 0 Å². The van der Waals surface area contributed by atoms with Crippen molar-refractivity contribution in [1.82, 2.24) is 0 Å². The van der Waals surface area contributed by atoms with Crippen LogP contribution in [0.15, 0.2) is 11.6 Å². The predicted octanol–water partition coefficient (Wildman–Crippen LogP) is 2.94. The second-order valence-corrected chi connectivity index (χ2v) is 13.3. The summed E-state index contributed by atoms with van der Waals surface area (Å²) >= 11 is 0. The molecule has 2 saturated carbocycles. The summed E-state index contributed by atoms with van der Waals surface area (Å²) in [4.78, 5) is 52.1. The van der Waals surface area contributed by atoms with Crippen molar-refractivity contribution in [2.24, 2.45) is 29.1 Å². The van der Waals surface area contributed by atoms with Gasteiger partial charge < -0.3 is 28.4 Å². The molecule has 0 unspecified atom stereocenters. The summed E-state index contributed by atoms with van der Waals surface area (Å²) in [7, 11) is 1.56. The fourth-order valence-electron chi connectivity index (χ4n) is 7.94. The highest BCUT2D eigenvalue weighted by molar-refractivity contribution is 5.96. The molecule has 12 atom stereocenters. The molecule has 10 nitrogen and oxygen atoms in total. The van der Waals surface area contributed by atoms with Crippen LogP contribution in [0.25, 0.3) is 0 Å². The fourth-order valence-corrected chi connectivity index (χ4v) is 7.94. The van der Waals surface area contributed by atoms with Crippen molar-refractivity contribution in [2.45, 2.75) is 116 Å². The predicted molar refractivity (Wildman–Crippen MR) is 140 cm³/mol. The van der Waals surface area contributed by atoms with Crippen LogP contribution < -0.4 is 0 Å². The van der Waals surface area contributed by atoms with E-state index in [-0.39, 0.29) is 29.6 Å². The third-order valence-corrected chi connectivity index (χ3v) is 10.3. The summed E-state index contributed by atoms with van der Waals surface area (Å²) in [5.74, 6) is -3.00. The first-order chi connectivity index (χ1) is 18.5. The van der Waals surface area contributed by atoms with Crippen molar-refractivity contribution in [3.05, 3.63) is 11.6 Å². The van der Waals surface area contributed by atoms with E-state index in [9.17, 15) is 19.2 Å². The van der Waals surface area contributed by atoms with Crippen LogP contribution >= 0.6 is 0 Å². The van der Waals surface area contributed by atoms with Crippen LogP contribution in [0.2, 0.25) is 0 Å². The quantitative estimate of drug-likeness (QED) is 0.213. The van der Waals surface area contributed by atoms with Crippen molar-refractivity contribution in [3.8, 4) is 0 Å². The normalized spacial score (nSPS) is 49.6. The maximum atomic E-state index is 14.3. The van der Waals surface area contributed by atoms with Crippen LogP contribution in [0.5, 0.6) is 0 Å². The second kappa shape index (κ2) is 9.10. The Labute approximate surface area is 235 Å². The molecule has 5 rings (SSSR count). The summed E-state index contributed by atoms with van der Waals surface area (Å²) in [6.07, 6.45) is -1.10. The molecule has 2 saturated heterocycles. The van der Waals surface area contributed by atoms with E-state index >= 15 is 0 Å². The Hall–Kier alpha value is -2.30. The average molecular weight is 563 g/mol. The zero-order valence-corrected chi connectivity index (χ0v) is 25.1. The second-order valence-electron chi connectivity index (χ2n) is 13.3. The molecule has 2 heterocycles. The zero-order valence-electron chi connectivity index (χ0n) is 25.1. The minimum Gasteiger partial charge on any atom is -0.461 e. The molecule has 0 N–H and O–H groups in total. The summed E-state index contributed by atoms with van der Waals surface area (Å²) in [5, 5.41) is 0. The Morgan fingerprint density at radius 1 is 0.950 bits per heavy atom. The minimum atomic E-state index is -1.26. The number of epoxide rings is 2. The smallest absolute Gasteiger partial charge is 0.341 e. The molecule has 0 aromatic carbocycles. The first kappa shape index (κ1) is 29.2. The van der Waals surface area contributed by atoms with Crippen molar-refractivity contribution in [2.75, 3.05) is 7.11 Å². The van der Waals surface area contributed by atoms with Crippen LogP contribution in [0.1, 0.15) is 68.7 Å². The van der Waals surface area contributed by atoms with Gasteiger partial charge in [-0.15, -0.1) is 0 Å². The topological polar surface area (TPSA) is 130 Å². The number of esters is 3. The molecular formula is C30H42O10. The maximum absolute atomic E-state index is 14.3. The first-order valence-corrected chi connectivity index (χ1v) is 14.2. The Bertz CT molecular complexity index is 1170. The van der Waals surface area contributed by atoms with Gasteiger partial charge in [0.25, 0.3) is 0 Å². The molecule has 0 aromatic heterocycles. The third kappa shape index (κ3) is 4.00. The number of fused-ring (bicyclic) bond motifs is 1. The highest BCUT2D eigenvalue weighted by Gasteiger charge is 2.84. The number of carbonyl (C=O) groups is 4. The highest BCUT2D eigenvalue weighted by atomic mass is 16.7. The first-order valence-electron chi connectivity index (χ1n) is 14.2. The van der Waals surface area contributed by atoms with Crippen LogP contribution in [0.3, 0.4) is 0 Å².